The fraction of sp³-hybridized carbons (Fsp3) is 0. The minimum atomic E-state index is 0.554. The lowest BCUT2D eigenvalue weighted by molar-refractivity contribution is 0.631. The van der Waals surface area contributed by atoms with E-state index >= 15 is 0 Å². The van der Waals surface area contributed by atoms with Crippen molar-refractivity contribution in [3.05, 3.63) is 66.7 Å². The highest BCUT2D eigenvalue weighted by Gasteiger charge is 2.11. The number of fused-ring (bicyclic) bond motifs is 1. The van der Waals surface area contributed by atoms with E-state index in [4.69, 9.17) is 4.42 Å². The Hall–Kier alpha value is -3.59. The van der Waals surface area contributed by atoms with Crippen LogP contribution in [0.2, 0.25) is 0 Å². The molecular formula is C17H11N5O. The second-order valence-corrected chi connectivity index (χ2v) is 5.00. The van der Waals surface area contributed by atoms with Gasteiger partial charge in [0.1, 0.15) is 24.0 Å². The zero-order valence-corrected chi connectivity index (χ0v) is 12.0. The largest absolute Gasteiger partial charge is 0.456 e. The van der Waals surface area contributed by atoms with Gasteiger partial charge in [-0.15, -0.1) is 10.2 Å². The van der Waals surface area contributed by atoms with Crippen LogP contribution in [0.25, 0.3) is 22.3 Å². The monoisotopic (exact) mass is 301 g/mol. The number of hydrogen-bond donors (Lipinski definition) is 1. The first-order chi connectivity index (χ1) is 11.3. The second kappa shape index (κ2) is 5.31. The molecule has 0 bridgehead atoms. The Labute approximate surface area is 131 Å². The Bertz CT molecular complexity index is 978. The van der Waals surface area contributed by atoms with Crippen molar-refractivity contribution in [3.63, 3.8) is 0 Å². The molecule has 2 heterocycles. The van der Waals surface area contributed by atoms with Crippen LogP contribution in [0.15, 0.2) is 65.6 Å². The standard InChI is InChI=1S/C17H11N5O/c18-9-13-5-6-14(21-22-10-19-20-11-22)8-15(13)17-7-12-3-1-2-4-16(12)23-17/h1-8,10-11,21H. The lowest BCUT2D eigenvalue weighted by Crippen LogP contribution is -2.06. The quantitative estimate of drug-likeness (QED) is 0.627. The summed E-state index contributed by atoms with van der Waals surface area (Å²) in [5, 5.41) is 17.9. The van der Waals surface area contributed by atoms with E-state index in [2.05, 4.69) is 21.7 Å². The van der Waals surface area contributed by atoms with E-state index in [1.54, 1.807) is 23.4 Å². The molecule has 4 rings (SSSR count). The maximum absolute atomic E-state index is 9.36. The molecule has 0 aliphatic rings. The van der Waals surface area contributed by atoms with Crippen LogP contribution >= 0.6 is 0 Å². The number of nitrogens with one attached hydrogen (secondary N) is 1. The number of para-hydroxylation sites is 1. The zero-order valence-electron chi connectivity index (χ0n) is 12.0. The maximum Gasteiger partial charge on any atom is 0.139 e. The molecule has 6 nitrogen and oxygen atoms in total. The fourth-order valence-electron chi connectivity index (χ4n) is 2.44. The minimum absolute atomic E-state index is 0.554. The van der Waals surface area contributed by atoms with Gasteiger partial charge in [0.15, 0.2) is 0 Å². The van der Waals surface area contributed by atoms with Crippen molar-refractivity contribution in [1.82, 2.24) is 14.9 Å². The summed E-state index contributed by atoms with van der Waals surface area (Å²) in [6.45, 7) is 0. The molecule has 1 N–H and O–H groups in total. The van der Waals surface area contributed by atoms with Crippen molar-refractivity contribution < 1.29 is 4.42 Å². The Morgan fingerprint density at radius 3 is 2.65 bits per heavy atom. The van der Waals surface area contributed by atoms with Crippen LogP contribution in [0.5, 0.6) is 0 Å². The Balaban J connectivity index is 1.80. The average Bonchev–Trinajstić information content (AvgIpc) is 3.23. The SMILES string of the molecule is N#Cc1ccc(Nn2cnnc2)cc1-c1cc2ccccc2o1. The molecule has 2 aromatic heterocycles. The molecule has 4 aromatic rings. The molecule has 23 heavy (non-hydrogen) atoms. The van der Waals surface area contributed by atoms with Crippen molar-refractivity contribution in [2.75, 3.05) is 5.43 Å². The first kappa shape index (κ1) is 13.1. The van der Waals surface area contributed by atoms with Crippen LogP contribution in [0, 0.1) is 11.3 Å². The average molecular weight is 301 g/mol. The van der Waals surface area contributed by atoms with Gasteiger partial charge in [-0.05, 0) is 30.3 Å². The van der Waals surface area contributed by atoms with E-state index in [1.807, 2.05) is 42.5 Å². The highest BCUT2D eigenvalue weighted by atomic mass is 16.3. The van der Waals surface area contributed by atoms with Crippen molar-refractivity contribution in [2.45, 2.75) is 0 Å². The first-order valence-corrected chi connectivity index (χ1v) is 6.98. The predicted molar refractivity (Wildman–Crippen MR) is 85.4 cm³/mol. The molecule has 0 amide bonds. The van der Waals surface area contributed by atoms with Gasteiger partial charge in [-0.25, -0.2) is 4.68 Å². The molecule has 0 saturated heterocycles. The molecule has 0 fully saturated rings. The summed E-state index contributed by atoms with van der Waals surface area (Å²) in [4.78, 5) is 0. The number of rotatable bonds is 3. The normalized spacial score (nSPS) is 10.6. The van der Waals surface area contributed by atoms with E-state index in [9.17, 15) is 5.26 Å². The number of hydrogen-bond acceptors (Lipinski definition) is 5. The molecular weight excluding hydrogens is 290 g/mol. The third kappa shape index (κ3) is 2.40. The van der Waals surface area contributed by atoms with Gasteiger partial charge in [-0.1, -0.05) is 18.2 Å². The highest BCUT2D eigenvalue weighted by molar-refractivity contribution is 5.84. The third-order valence-corrected chi connectivity index (χ3v) is 3.51. The van der Waals surface area contributed by atoms with Crippen molar-refractivity contribution in [3.8, 4) is 17.4 Å². The lowest BCUT2D eigenvalue weighted by atomic mass is 10.0. The molecule has 0 saturated carbocycles. The second-order valence-electron chi connectivity index (χ2n) is 5.00. The molecule has 0 radical (unpaired) electrons. The summed E-state index contributed by atoms with van der Waals surface area (Å²) in [6.07, 6.45) is 3.11. The number of furan rings is 1. The first-order valence-electron chi connectivity index (χ1n) is 6.98. The van der Waals surface area contributed by atoms with Gasteiger partial charge >= 0.3 is 0 Å². The van der Waals surface area contributed by atoms with Crippen molar-refractivity contribution in [2.24, 2.45) is 0 Å². The Kier molecular flexibility index (Phi) is 3.03. The van der Waals surface area contributed by atoms with Crippen LogP contribution < -0.4 is 5.43 Å². The summed E-state index contributed by atoms with van der Waals surface area (Å²) in [6, 6.07) is 17.4. The molecule has 0 unspecified atom stereocenters. The fourth-order valence-corrected chi connectivity index (χ4v) is 2.44. The van der Waals surface area contributed by atoms with E-state index in [0.29, 0.717) is 11.3 Å². The summed E-state index contributed by atoms with van der Waals surface area (Å²) >= 11 is 0. The zero-order chi connectivity index (χ0) is 15.6. The van der Waals surface area contributed by atoms with Crippen LogP contribution in [0.4, 0.5) is 5.69 Å². The Morgan fingerprint density at radius 1 is 1.04 bits per heavy atom. The molecule has 6 heteroatoms. The molecule has 0 spiro atoms. The van der Waals surface area contributed by atoms with Crippen LogP contribution in [-0.4, -0.2) is 14.9 Å². The van der Waals surface area contributed by atoms with Crippen LogP contribution in [0.3, 0.4) is 0 Å². The molecule has 0 aliphatic carbocycles. The smallest absolute Gasteiger partial charge is 0.139 e. The lowest BCUT2D eigenvalue weighted by Gasteiger charge is -2.08. The van der Waals surface area contributed by atoms with E-state index in [0.717, 1.165) is 22.2 Å². The number of benzene rings is 2. The van der Waals surface area contributed by atoms with Crippen LogP contribution in [-0.2, 0) is 0 Å². The summed E-state index contributed by atoms with van der Waals surface area (Å²) in [5.74, 6) is 0.662. The van der Waals surface area contributed by atoms with Gasteiger partial charge in [0.2, 0.25) is 0 Å². The third-order valence-electron chi connectivity index (χ3n) is 3.51. The molecule has 0 atom stereocenters. The predicted octanol–water partition coefficient (Wildman–Crippen LogP) is 3.44. The van der Waals surface area contributed by atoms with Gasteiger partial charge in [0.25, 0.3) is 0 Å². The minimum Gasteiger partial charge on any atom is -0.456 e. The van der Waals surface area contributed by atoms with Gasteiger partial charge in [-0.3, -0.25) is 5.43 Å². The number of anilines is 1. The number of aromatic nitrogens is 3. The number of nitriles is 1. The van der Waals surface area contributed by atoms with Gasteiger partial charge in [0, 0.05) is 10.9 Å². The number of nitrogens with zero attached hydrogens (tertiary/aromatic N) is 4. The summed E-state index contributed by atoms with van der Waals surface area (Å²) < 4.78 is 7.51. The van der Waals surface area contributed by atoms with E-state index in [-0.39, 0.29) is 0 Å². The van der Waals surface area contributed by atoms with Gasteiger partial charge in [0.05, 0.1) is 17.3 Å². The Morgan fingerprint density at radius 2 is 1.87 bits per heavy atom. The molecule has 0 aliphatic heterocycles. The summed E-state index contributed by atoms with van der Waals surface area (Å²) in [5.41, 5.74) is 6.01. The van der Waals surface area contributed by atoms with Crippen molar-refractivity contribution >= 4 is 16.7 Å². The maximum atomic E-state index is 9.36. The highest BCUT2D eigenvalue weighted by Crippen LogP contribution is 2.31. The van der Waals surface area contributed by atoms with Gasteiger partial charge in [-0.2, -0.15) is 5.26 Å². The summed E-state index contributed by atoms with van der Waals surface area (Å²) in [7, 11) is 0. The van der Waals surface area contributed by atoms with E-state index in [1.165, 1.54) is 0 Å². The van der Waals surface area contributed by atoms with Crippen molar-refractivity contribution in [1.29, 1.82) is 5.26 Å². The van der Waals surface area contributed by atoms with Crippen LogP contribution in [0.1, 0.15) is 5.56 Å². The topological polar surface area (TPSA) is 79.7 Å². The van der Waals surface area contributed by atoms with Gasteiger partial charge < -0.3 is 4.42 Å². The van der Waals surface area contributed by atoms with E-state index < -0.39 is 0 Å². The molecule has 2 aromatic carbocycles. The molecule has 110 valence electrons.